The van der Waals surface area contributed by atoms with Crippen molar-refractivity contribution >= 4 is 28.0 Å². The van der Waals surface area contributed by atoms with Gasteiger partial charge in [-0.1, -0.05) is 164 Å². The van der Waals surface area contributed by atoms with E-state index in [0.29, 0.717) is 0 Å². The van der Waals surface area contributed by atoms with E-state index < -0.39 is 5.41 Å². The first-order chi connectivity index (χ1) is 29.8. The molecule has 4 aliphatic rings. The van der Waals surface area contributed by atoms with E-state index in [9.17, 15) is 0 Å². The van der Waals surface area contributed by atoms with Crippen molar-refractivity contribution in [1.82, 2.24) is 0 Å². The Hall–Kier alpha value is -7.42. The highest BCUT2D eigenvalue weighted by Crippen LogP contribution is 2.68. The lowest BCUT2D eigenvalue weighted by atomic mass is 9.65. The molecule has 0 aliphatic heterocycles. The Kier molecular flexibility index (Phi) is 7.15. The zero-order chi connectivity index (χ0) is 39.4. The largest absolute Gasteiger partial charge is 0.456 e. The molecule has 0 radical (unpaired) electrons. The van der Waals surface area contributed by atoms with E-state index in [2.05, 4.69) is 223 Å². The van der Waals surface area contributed by atoms with E-state index in [1.807, 2.05) is 0 Å². The van der Waals surface area contributed by atoms with E-state index in [1.54, 1.807) is 0 Å². The number of benzene rings is 8. The molecule has 0 amide bonds. The summed E-state index contributed by atoms with van der Waals surface area (Å²) in [6.07, 6.45) is 9.39. The molecule has 282 valence electrons. The van der Waals surface area contributed by atoms with Crippen LogP contribution in [0.2, 0.25) is 0 Å². The molecule has 1 aromatic heterocycles. The summed E-state index contributed by atoms with van der Waals surface area (Å²) in [6, 6.07) is 71.7. The first-order valence-corrected chi connectivity index (χ1v) is 21.1. The summed E-state index contributed by atoms with van der Waals surface area (Å²) in [5.41, 5.74) is 19.6. The van der Waals surface area contributed by atoms with Gasteiger partial charge in [0.15, 0.2) is 0 Å². The first kappa shape index (κ1) is 33.5. The maximum absolute atomic E-state index is 6.96. The molecule has 0 N–H and O–H groups in total. The van der Waals surface area contributed by atoms with Crippen LogP contribution in [0.3, 0.4) is 0 Å². The summed E-state index contributed by atoms with van der Waals surface area (Å²) in [7, 11) is 0. The van der Waals surface area contributed by atoms with E-state index in [1.165, 1.54) is 72.1 Å². The van der Waals surface area contributed by atoms with Gasteiger partial charge < -0.3 is 9.32 Å². The molecule has 4 aliphatic carbocycles. The monoisotopic (exact) mass is 765 g/mol. The Morgan fingerprint density at radius 1 is 0.450 bits per heavy atom. The van der Waals surface area contributed by atoms with E-state index >= 15 is 0 Å². The number of fused-ring (bicyclic) bond motifs is 15. The summed E-state index contributed by atoms with van der Waals surface area (Å²) in [4.78, 5) is 2.38. The van der Waals surface area contributed by atoms with Gasteiger partial charge >= 0.3 is 0 Å². The van der Waals surface area contributed by atoms with Crippen LogP contribution in [0.5, 0.6) is 0 Å². The molecule has 13 rings (SSSR count). The number of anilines is 3. The minimum Gasteiger partial charge on any atom is -0.456 e. The average molecular weight is 766 g/mol. The fraction of sp³-hybridized carbons (Fsp3) is 0.0690. The van der Waals surface area contributed by atoms with Crippen molar-refractivity contribution in [1.29, 1.82) is 0 Å². The van der Waals surface area contributed by atoms with Crippen molar-refractivity contribution in [3.8, 4) is 33.6 Å². The molecule has 2 heteroatoms. The molecule has 2 nitrogen and oxygen atoms in total. The number of hydrogen-bond donors (Lipinski definition) is 0. The highest BCUT2D eigenvalue weighted by molar-refractivity contribution is 5.98. The van der Waals surface area contributed by atoms with E-state index in [0.717, 1.165) is 28.4 Å². The minimum atomic E-state index is -0.485. The summed E-state index contributed by atoms with van der Waals surface area (Å²) < 4.78 is 6.96. The fourth-order valence-corrected chi connectivity index (χ4v) is 11.4. The van der Waals surface area contributed by atoms with Crippen molar-refractivity contribution < 1.29 is 4.42 Å². The Morgan fingerprint density at radius 2 is 1.08 bits per heavy atom. The van der Waals surface area contributed by atoms with Crippen molar-refractivity contribution in [2.75, 3.05) is 4.90 Å². The smallest absolute Gasteiger partial charge is 0.140 e. The number of nitrogens with zero attached hydrogens (tertiary/aromatic N) is 1. The Balaban J connectivity index is 1.01. The van der Waals surface area contributed by atoms with Crippen molar-refractivity contribution in [3.63, 3.8) is 0 Å². The molecular weight excluding hydrogens is 727 g/mol. The second-order valence-electron chi connectivity index (χ2n) is 16.7. The second kappa shape index (κ2) is 12.8. The summed E-state index contributed by atoms with van der Waals surface area (Å²) in [6.45, 7) is 0. The second-order valence-corrected chi connectivity index (χ2v) is 16.7. The van der Waals surface area contributed by atoms with Crippen LogP contribution in [-0.2, 0) is 5.41 Å². The summed E-state index contributed by atoms with van der Waals surface area (Å²) in [5, 5.41) is 1.19. The van der Waals surface area contributed by atoms with Crippen LogP contribution in [0.4, 0.5) is 17.1 Å². The molecule has 1 heterocycles. The maximum Gasteiger partial charge on any atom is 0.140 e. The minimum absolute atomic E-state index is 0.163. The van der Waals surface area contributed by atoms with Crippen LogP contribution in [0.25, 0.3) is 44.5 Å². The number of furan rings is 1. The molecule has 8 aromatic carbocycles. The van der Waals surface area contributed by atoms with Gasteiger partial charge in [0, 0.05) is 51.3 Å². The Labute approximate surface area is 350 Å². The molecule has 3 unspecified atom stereocenters. The lowest BCUT2D eigenvalue weighted by Gasteiger charge is -2.36. The van der Waals surface area contributed by atoms with Crippen LogP contribution in [-0.4, -0.2) is 0 Å². The number of hydrogen-bond acceptors (Lipinski definition) is 2. The predicted octanol–water partition coefficient (Wildman–Crippen LogP) is 14.9. The molecule has 0 saturated carbocycles. The van der Waals surface area contributed by atoms with Crippen LogP contribution in [0, 0.1) is 5.92 Å². The fourth-order valence-electron chi connectivity index (χ4n) is 11.4. The van der Waals surface area contributed by atoms with Gasteiger partial charge in [-0.05, 0) is 110 Å². The highest BCUT2D eigenvalue weighted by Gasteiger charge is 2.59. The average Bonchev–Trinajstić information content (AvgIpc) is 4.03. The number of para-hydroxylation sites is 3. The predicted molar refractivity (Wildman–Crippen MR) is 245 cm³/mol. The topological polar surface area (TPSA) is 16.4 Å². The molecule has 1 spiro atoms. The normalized spacial score (nSPS) is 18.9. The third kappa shape index (κ3) is 4.59. The molecular formula is C58H39NO. The zero-order valence-corrected chi connectivity index (χ0v) is 32.9. The standard InChI is InChI=1S/C58H39NO/c1-3-15-40(16-4-1)59(41-17-5-2-6-18-41)42-32-34-49-53(36-42)58(56-50-24-12-14-26-54(50)60-57(49)56)51-25-13-11-21-45(51)46-33-31-39(35-52(46)58)37-27-29-38(30-28-37)55-47-22-9-7-19-43(47)44-20-8-10-23-48(44)55/h1-36,45,51,55H. The number of rotatable bonds is 5. The summed E-state index contributed by atoms with van der Waals surface area (Å²) >= 11 is 0. The molecule has 0 saturated heterocycles. The van der Waals surface area contributed by atoms with Crippen LogP contribution in [0.15, 0.2) is 223 Å². The van der Waals surface area contributed by atoms with Crippen LogP contribution < -0.4 is 4.90 Å². The van der Waals surface area contributed by atoms with Crippen LogP contribution in [0.1, 0.15) is 50.8 Å². The first-order valence-electron chi connectivity index (χ1n) is 21.1. The summed E-state index contributed by atoms with van der Waals surface area (Å²) in [5.74, 6) is 1.60. The zero-order valence-electron chi connectivity index (χ0n) is 32.9. The van der Waals surface area contributed by atoms with Gasteiger partial charge in [0.05, 0.1) is 5.41 Å². The van der Waals surface area contributed by atoms with E-state index in [4.69, 9.17) is 4.42 Å². The van der Waals surface area contributed by atoms with Gasteiger partial charge in [0.2, 0.25) is 0 Å². The third-order valence-corrected chi connectivity index (χ3v) is 13.8. The highest BCUT2D eigenvalue weighted by atomic mass is 16.3. The Bertz CT molecular complexity index is 3140. The van der Waals surface area contributed by atoms with Gasteiger partial charge in [-0.25, -0.2) is 0 Å². The van der Waals surface area contributed by atoms with Gasteiger partial charge in [-0.15, -0.1) is 0 Å². The molecule has 60 heavy (non-hydrogen) atoms. The third-order valence-electron chi connectivity index (χ3n) is 13.8. The van der Waals surface area contributed by atoms with Gasteiger partial charge in [-0.3, -0.25) is 0 Å². The van der Waals surface area contributed by atoms with Gasteiger partial charge in [-0.2, -0.15) is 0 Å². The van der Waals surface area contributed by atoms with E-state index in [-0.39, 0.29) is 17.8 Å². The van der Waals surface area contributed by atoms with Gasteiger partial charge in [0.1, 0.15) is 11.3 Å². The lowest BCUT2D eigenvalue weighted by Crippen LogP contribution is -2.33. The quantitative estimate of drug-likeness (QED) is 0.173. The van der Waals surface area contributed by atoms with Crippen LogP contribution >= 0.6 is 0 Å². The molecule has 0 fully saturated rings. The van der Waals surface area contributed by atoms with Crippen molar-refractivity contribution in [2.45, 2.75) is 17.3 Å². The maximum atomic E-state index is 6.96. The molecule has 3 atom stereocenters. The molecule has 0 bridgehead atoms. The van der Waals surface area contributed by atoms with Gasteiger partial charge in [0.25, 0.3) is 0 Å². The SMILES string of the molecule is C1=CC2c3ccc(-c4ccc(C5c6ccccc6-c6ccccc65)cc4)cc3C3(c4cc(N(c5ccccc5)c5ccccc5)ccc4-c4oc5ccccc5c43)C2C=C1. The van der Waals surface area contributed by atoms with Crippen molar-refractivity contribution in [3.05, 3.63) is 257 Å². The Morgan fingerprint density at radius 3 is 1.82 bits per heavy atom. The molecule has 9 aromatic rings. The van der Waals surface area contributed by atoms with Crippen molar-refractivity contribution in [2.24, 2.45) is 5.92 Å². The lowest BCUT2D eigenvalue weighted by molar-refractivity contribution is 0.466. The number of allylic oxidation sites excluding steroid dienone is 4.